The van der Waals surface area contributed by atoms with Crippen molar-refractivity contribution in [1.82, 2.24) is 0 Å². The van der Waals surface area contributed by atoms with E-state index in [0.717, 1.165) is 12.8 Å². The lowest BCUT2D eigenvalue weighted by molar-refractivity contribution is -0.384. The number of rotatable bonds is 3. The molecule has 1 aliphatic heterocycles. The molecule has 1 heterocycles. The van der Waals surface area contributed by atoms with Crippen molar-refractivity contribution in [1.29, 1.82) is 5.26 Å². The Kier molecular flexibility index (Phi) is 4.12. The topological polar surface area (TPSA) is 96.0 Å². The fraction of sp³-hybridized carbons (Fsp3) is 0.417. The zero-order valence-corrected chi connectivity index (χ0v) is 11.0. The molecule has 0 spiro atoms. The molecule has 19 heavy (non-hydrogen) atoms. The fourth-order valence-electron chi connectivity index (χ4n) is 2.02. The molecule has 1 aromatic rings. The maximum atomic E-state index is 11.3. The van der Waals surface area contributed by atoms with Crippen LogP contribution in [0.25, 0.3) is 0 Å². The largest absolute Gasteiger partial charge is 0.381 e. The van der Waals surface area contributed by atoms with Gasteiger partial charge in [0.25, 0.3) is 5.69 Å². The lowest BCUT2D eigenvalue weighted by Crippen LogP contribution is -2.29. The van der Waals surface area contributed by atoms with Gasteiger partial charge in [-0.1, -0.05) is 0 Å². The molecule has 0 aromatic heterocycles. The number of hydrogen-bond donors (Lipinski definition) is 1. The lowest BCUT2D eigenvalue weighted by atomic mass is 10.1. The van der Waals surface area contributed by atoms with Crippen LogP contribution in [0.15, 0.2) is 18.2 Å². The molecule has 0 saturated carbocycles. The van der Waals surface area contributed by atoms with Crippen molar-refractivity contribution in [2.24, 2.45) is 0 Å². The number of hydrogen-bond acceptors (Lipinski definition) is 5. The number of nitro groups is 1. The molecule has 1 N–H and O–H groups in total. The SMILES string of the molecule is N#Cc1cc([N+](=O)[O-])ccc1NC1CCS(=O)CC1. The Morgan fingerprint density at radius 2 is 2.11 bits per heavy atom. The van der Waals surface area contributed by atoms with E-state index in [0.29, 0.717) is 17.2 Å². The quantitative estimate of drug-likeness (QED) is 0.672. The zero-order valence-electron chi connectivity index (χ0n) is 10.2. The second-order valence-corrected chi connectivity index (χ2v) is 6.06. The third kappa shape index (κ3) is 3.29. The molecule has 0 unspecified atom stereocenters. The average molecular weight is 279 g/mol. The first-order valence-corrected chi connectivity index (χ1v) is 7.39. The molecule has 0 bridgehead atoms. The van der Waals surface area contributed by atoms with Crippen molar-refractivity contribution < 1.29 is 9.13 Å². The van der Waals surface area contributed by atoms with E-state index >= 15 is 0 Å². The highest BCUT2D eigenvalue weighted by Crippen LogP contribution is 2.24. The van der Waals surface area contributed by atoms with Gasteiger partial charge in [0.05, 0.1) is 16.2 Å². The Balaban J connectivity index is 2.14. The van der Waals surface area contributed by atoms with Crippen LogP contribution < -0.4 is 5.32 Å². The predicted octanol–water partition coefficient (Wildman–Crippen LogP) is 1.79. The Bertz CT molecular complexity index is 558. The van der Waals surface area contributed by atoms with Gasteiger partial charge >= 0.3 is 0 Å². The molecule has 6 nitrogen and oxygen atoms in total. The molecule has 2 rings (SSSR count). The number of anilines is 1. The first-order valence-electron chi connectivity index (χ1n) is 5.90. The van der Waals surface area contributed by atoms with Crippen LogP contribution in [0.2, 0.25) is 0 Å². The van der Waals surface area contributed by atoms with Gasteiger partial charge in [-0.15, -0.1) is 0 Å². The van der Waals surface area contributed by atoms with Crippen LogP contribution in [0.4, 0.5) is 11.4 Å². The molecule has 1 aromatic carbocycles. The van der Waals surface area contributed by atoms with E-state index < -0.39 is 15.7 Å². The second-order valence-electron chi connectivity index (χ2n) is 4.37. The fourth-order valence-corrected chi connectivity index (χ4v) is 3.32. The third-order valence-electron chi connectivity index (χ3n) is 3.08. The summed E-state index contributed by atoms with van der Waals surface area (Å²) in [7, 11) is -0.730. The average Bonchev–Trinajstić information content (AvgIpc) is 2.41. The van der Waals surface area contributed by atoms with Gasteiger partial charge in [-0.05, 0) is 18.9 Å². The molecule has 0 radical (unpaired) electrons. The predicted molar refractivity (Wildman–Crippen MR) is 72.3 cm³/mol. The number of non-ortho nitro benzene ring substituents is 1. The Labute approximate surface area is 113 Å². The summed E-state index contributed by atoms with van der Waals surface area (Å²) in [5.74, 6) is 1.32. The minimum absolute atomic E-state index is 0.0909. The monoisotopic (exact) mass is 279 g/mol. The summed E-state index contributed by atoms with van der Waals surface area (Å²) in [5, 5.41) is 22.9. The summed E-state index contributed by atoms with van der Waals surface area (Å²) in [5.41, 5.74) is 0.776. The summed E-state index contributed by atoms with van der Waals surface area (Å²) < 4.78 is 11.3. The molecule has 0 amide bonds. The van der Waals surface area contributed by atoms with Crippen LogP contribution in [0.1, 0.15) is 18.4 Å². The highest BCUT2D eigenvalue weighted by atomic mass is 32.2. The van der Waals surface area contributed by atoms with Crippen molar-refractivity contribution in [2.45, 2.75) is 18.9 Å². The van der Waals surface area contributed by atoms with Crippen molar-refractivity contribution in [3.63, 3.8) is 0 Å². The highest BCUT2D eigenvalue weighted by molar-refractivity contribution is 7.85. The third-order valence-corrected chi connectivity index (χ3v) is 4.46. The standard InChI is InChI=1S/C12H13N3O3S/c13-8-9-7-11(15(16)17)1-2-12(9)14-10-3-5-19(18)6-4-10/h1-2,7,10,14H,3-6H2. The van der Waals surface area contributed by atoms with Crippen LogP contribution in [0.5, 0.6) is 0 Å². The van der Waals surface area contributed by atoms with E-state index in [1.165, 1.54) is 12.1 Å². The second kappa shape index (κ2) is 5.80. The smallest absolute Gasteiger partial charge is 0.270 e. The van der Waals surface area contributed by atoms with Crippen LogP contribution >= 0.6 is 0 Å². The molecular weight excluding hydrogens is 266 g/mol. The van der Waals surface area contributed by atoms with E-state index in [1.807, 2.05) is 6.07 Å². The zero-order chi connectivity index (χ0) is 13.8. The maximum Gasteiger partial charge on any atom is 0.270 e. The highest BCUT2D eigenvalue weighted by Gasteiger charge is 2.19. The normalized spacial score (nSPS) is 22.5. The van der Waals surface area contributed by atoms with E-state index in [4.69, 9.17) is 5.26 Å². The van der Waals surface area contributed by atoms with Crippen LogP contribution in [0.3, 0.4) is 0 Å². The number of nitro benzene ring substituents is 1. The van der Waals surface area contributed by atoms with Gasteiger partial charge in [0.2, 0.25) is 0 Å². The summed E-state index contributed by atoms with van der Waals surface area (Å²) >= 11 is 0. The summed E-state index contributed by atoms with van der Waals surface area (Å²) in [6.07, 6.45) is 1.57. The molecule has 0 atom stereocenters. The van der Waals surface area contributed by atoms with E-state index in [2.05, 4.69) is 5.32 Å². The van der Waals surface area contributed by atoms with Gasteiger partial charge in [-0.25, -0.2) is 0 Å². The van der Waals surface area contributed by atoms with Gasteiger partial charge in [0.1, 0.15) is 6.07 Å². The van der Waals surface area contributed by atoms with Crippen LogP contribution in [-0.2, 0) is 10.8 Å². The molecule has 7 heteroatoms. The maximum absolute atomic E-state index is 11.3. The molecule has 1 aliphatic rings. The van der Waals surface area contributed by atoms with Crippen molar-refractivity contribution in [2.75, 3.05) is 16.8 Å². The first-order chi connectivity index (χ1) is 9.10. The van der Waals surface area contributed by atoms with Crippen molar-refractivity contribution in [3.8, 4) is 6.07 Å². The van der Waals surface area contributed by atoms with E-state index in [-0.39, 0.29) is 17.3 Å². The van der Waals surface area contributed by atoms with E-state index in [1.54, 1.807) is 6.07 Å². The van der Waals surface area contributed by atoms with Gasteiger partial charge in [-0.3, -0.25) is 14.3 Å². The Morgan fingerprint density at radius 1 is 1.42 bits per heavy atom. The molecule has 0 aliphatic carbocycles. The summed E-state index contributed by atoms with van der Waals surface area (Å²) in [6, 6.07) is 6.34. The lowest BCUT2D eigenvalue weighted by Gasteiger charge is -2.23. The van der Waals surface area contributed by atoms with E-state index in [9.17, 15) is 14.3 Å². The van der Waals surface area contributed by atoms with Crippen LogP contribution in [-0.4, -0.2) is 26.7 Å². The minimum atomic E-state index is -0.730. The van der Waals surface area contributed by atoms with Crippen molar-refractivity contribution >= 4 is 22.2 Å². The number of nitrogens with zero attached hydrogens (tertiary/aromatic N) is 2. The molecule has 1 fully saturated rings. The summed E-state index contributed by atoms with van der Waals surface area (Å²) in [4.78, 5) is 10.1. The van der Waals surface area contributed by atoms with Crippen LogP contribution in [0, 0.1) is 21.4 Å². The minimum Gasteiger partial charge on any atom is -0.381 e. The Hall–Kier alpha value is -1.94. The number of nitrogens with one attached hydrogen (secondary N) is 1. The summed E-state index contributed by atoms with van der Waals surface area (Å²) in [6.45, 7) is 0. The van der Waals surface area contributed by atoms with Gasteiger partial charge in [0, 0.05) is 40.5 Å². The van der Waals surface area contributed by atoms with Crippen molar-refractivity contribution in [3.05, 3.63) is 33.9 Å². The van der Waals surface area contributed by atoms with Gasteiger partial charge < -0.3 is 5.32 Å². The number of nitriles is 1. The first kappa shape index (κ1) is 13.5. The number of benzene rings is 1. The molecule has 1 saturated heterocycles. The molecular formula is C12H13N3O3S. The van der Waals surface area contributed by atoms with Gasteiger partial charge in [-0.2, -0.15) is 5.26 Å². The Morgan fingerprint density at radius 3 is 2.68 bits per heavy atom. The molecule has 100 valence electrons. The van der Waals surface area contributed by atoms with Gasteiger partial charge in [0.15, 0.2) is 0 Å².